The fourth-order valence-corrected chi connectivity index (χ4v) is 4.76. The van der Waals surface area contributed by atoms with E-state index in [1.807, 2.05) is 11.3 Å². The number of hydrogen-bond donors (Lipinski definition) is 0. The van der Waals surface area contributed by atoms with Gasteiger partial charge in [-0.05, 0) is 35.6 Å². The van der Waals surface area contributed by atoms with Gasteiger partial charge in [0.15, 0.2) is 0 Å². The molecule has 1 aromatic rings. The summed E-state index contributed by atoms with van der Waals surface area (Å²) in [7, 11) is 0. The molecular weight excluding hydrogens is 256 g/mol. The molecule has 2 rings (SSSR count). The molecule has 1 aromatic heterocycles. The van der Waals surface area contributed by atoms with Crippen molar-refractivity contribution in [1.82, 2.24) is 0 Å². The van der Waals surface area contributed by atoms with Crippen molar-refractivity contribution in [3.63, 3.8) is 0 Å². The zero-order valence-corrected chi connectivity index (χ0v) is 11.2. The molecule has 0 aliphatic heterocycles. The summed E-state index contributed by atoms with van der Waals surface area (Å²) in [5, 5.41) is 2.17. The maximum Gasteiger partial charge on any atom is 0.0522 e. The van der Waals surface area contributed by atoms with Crippen LogP contribution in [0, 0.1) is 11.3 Å². The van der Waals surface area contributed by atoms with Crippen molar-refractivity contribution in [2.24, 2.45) is 11.3 Å². The van der Waals surface area contributed by atoms with Crippen LogP contribution >= 0.6 is 27.3 Å². The van der Waals surface area contributed by atoms with E-state index < -0.39 is 0 Å². The Morgan fingerprint density at radius 3 is 2.86 bits per heavy atom. The molecule has 1 fully saturated rings. The summed E-state index contributed by atoms with van der Waals surface area (Å²) in [5.74, 6) is 0.807. The van der Waals surface area contributed by atoms with Gasteiger partial charge in [-0.15, -0.1) is 11.3 Å². The van der Waals surface area contributed by atoms with Crippen LogP contribution in [0.5, 0.6) is 0 Å². The molecule has 1 saturated carbocycles. The Balaban J connectivity index is 2.16. The topological polar surface area (TPSA) is 0 Å². The average Bonchev–Trinajstić information content (AvgIpc) is 2.71. The fourth-order valence-electron chi connectivity index (χ4n) is 2.54. The molecule has 2 unspecified atom stereocenters. The third-order valence-corrected chi connectivity index (χ3v) is 5.90. The van der Waals surface area contributed by atoms with Gasteiger partial charge in [0.25, 0.3) is 0 Å². The highest BCUT2D eigenvalue weighted by Gasteiger charge is 2.39. The Bertz CT molecular complexity index is 289. The van der Waals surface area contributed by atoms with Crippen LogP contribution in [0.4, 0.5) is 0 Å². The smallest absolute Gasteiger partial charge is 0.0522 e. The summed E-state index contributed by atoms with van der Waals surface area (Å²) in [5.41, 5.74) is 0.512. The number of rotatable bonds is 2. The molecular formula is C12H17BrS. The van der Waals surface area contributed by atoms with Gasteiger partial charge in [0.05, 0.1) is 4.83 Å². The van der Waals surface area contributed by atoms with Gasteiger partial charge in [-0.2, -0.15) is 0 Å². The maximum absolute atomic E-state index is 3.88. The van der Waals surface area contributed by atoms with E-state index in [2.05, 4.69) is 47.3 Å². The van der Waals surface area contributed by atoms with Crippen LogP contribution in [0.25, 0.3) is 0 Å². The van der Waals surface area contributed by atoms with E-state index in [1.54, 1.807) is 0 Å². The van der Waals surface area contributed by atoms with Crippen LogP contribution in [0.1, 0.15) is 42.8 Å². The van der Waals surface area contributed by atoms with Crippen molar-refractivity contribution in [3.8, 4) is 0 Å². The lowest BCUT2D eigenvalue weighted by Crippen LogP contribution is -2.20. The van der Waals surface area contributed by atoms with Crippen LogP contribution in [0.15, 0.2) is 17.5 Å². The van der Waals surface area contributed by atoms with Gasteiger partial charge >= 0.3 is 0 Å². The van der Waals surface area contributed by atoms with E-state index in [0.29, 0.717) is 10.2 Å². The molecule has 0 saturated heterocycles. The zero-order chi connectivity index (χ0) is 10.2. The molecule has 2 atom stereocenters. The van der Waals surface area contributed by atoms with E-state index in [0.717, 1.165) is 5.92 Å². The SMILES string of the molecule is CC1(C)CCCC1C(Br)c1cccs1. The number of halogens is 1. The van der Waals surface area contributed by atoms with Gasteiger partial charge in [0.2, 0.25) is 0 Å². The predicted octanol–water partition coefficient (Wildman–Crippen LogP) is 5.01. The lowest BCUT2D eigenvalue weighted by Gasteiger charge is -2.30. The van der Waals surface area contributed by atoms with Gasteiger partial charge in [-0.1, -0.05) is 42.3 Å². The number of hydrogen-bond acceptors (Lipinski definition) is 1. The second-order valence-corrected chi connectivity index (χ2v) is 6.87. The number of alkyl halides is 1. The Hall–Kier alpha value is 0.180. The molecule has 0 spiro atoms. The van der Waals surface area contributed by atoms with Crippen LogP contribution in [0.2, 0.25) is 0 Å². The molecule has 2 heteroatoms. The lowest BCUT2D eigenvalue weighted by atomic mass is 9.80. The van der Waals surface area contributed by atoms with E-state index >= 15 is 0 Å². The van der Waals surface area contributed by atoms with Crippen molar-refractivity contribution >= 4 is 27.3 Å². The van der Waals surface area contributed by atoms with Crippen molar-refractivity contribution < 1.29 is 0 Å². The molecule has 0 bridgehead atoms. The zero-order valence-electron chi connectivity index (χ0n) is 8.79. The van der Waals surface area contributed by atoms with Crippen molar-refractivity contribution in [2.75, 3.05) is 0 Å². The average molecular weight is 273 g/mol. The van der Waals surface area contributed by atoms with Gasteiger partial charge < -0.3 is 0 Å². The molecule has 1 heterocycles. The van der Waals surface area contributed by atoms with Gasteiger partial charge in [0, 0.05) is 4.88 Å². The van der Waals surface area contributed by atoms with Crippen molar-refractivity contribution in [3.05, 3.63) is 22.4 Å². The van der Waals surface area contributed by atoms with Gasteiger partial charge in [-0.25, -0.2) is 0 Å². The molecule has 0 radical (unpaired) electrons. The first-order chi connectivity index (χ1) is 6.61. The number of thiophene rings is 1. The Morgan fingerprint density at radius 2 is 2.36 bits per heavy atom. The highest BCUT2D eigenvalue weighted by Crippen LogP contribution is 2.52. The molecule has 0 N–H and O–H groups in total. The summed E-state index contributed by atoms with van der Waals surface area (Å²) >= 11 is 5.75. The summed E-state index contributed by atoms with van der Waals surface area (Å²) in [6, 6.07) is 4.40. The standard InChI is InChI=1S/C12H17BrS/c1-12(2)7-3-5-9(12)11(13)10-6-4-8-14-10/h4,6,8-9,11H,3,5,7H2,1-2H3. The fraction of sp³-hybridized carbons (Fsp3) is 0.667. The van der Waals surface area contributed by atoms with Crippen LogP contribution in [0.3, 0.4) is 0 Å². The Labute approximate surface area is 98.9 Å². The highest BCUT2D eigenvalue weighted by molar-refractivity contribution is 9.09. The Kier molecular flexibility index (Phi) is 3.03. The third kappa shape index (κ3) is 1.92. The van der Waals surface area contributed by atoms with Crippen LogP contribution < -0.4 is 0 Å². The highest BCUT2D eigenvalue weighted by atomic mass is 79.9. The largest absolute Gasteiger partial charge is 0.148 e. The first-order valence-corrected chi connectivity index (χ1v) is 7.08. The molecule has 78 valence electrons. The normalized spacial score (nSPS) is 27.8. The molecule has 0 amide bonds. The van der Waals surface area contributed by atoms with Crippen LogP contribution in [-0.4, -0.2) is 0 Å². The van der Waals surface area contributed by atoms with Crippen LogP contribution in [-0.2, 0) is 0 Å². The molecule has 0 aromatic carbocycles. The Morgan fingerprint density at radius 1 is 1.57 bits per heavy atom. The van der Waals surface area contributed by atoms with E-state index in [4.69, 9.17) is 0 Å². The maximum atomic E-state index is 3.88. The summed E-state index contributed by atoms with van der Waals surface area (Å²) in [4.78, 5) is 2.06. The van der Waals surface area contributed by atoms with Crippen molar-refractivity contribution in [1.29, 1.82) is 0 Å². The molecule has 1 aliphatic carbocycles. The summed E-state index contributed by atoms with van der Waals surface area (Å²) < 4.78 is 0. The first kappa shape index (κ1) is 10.7. The van der Waals surface area contributed by atoms with E-state index in [-0.39, 0.29) is 0 Å². The second kappa shape index (κ2) is 3.97. The predicted molar refractivity (Wildman–Crippen MR) is 67.1 cm³/mol. The third-order valence-electron chi connectivity index (χ3n) is 3.51. The minimum atomic E-state index is 0.512. The monoisotopic (exact) mass is 272 g/mol. The van der Waals surface area contributed by atoms with E-state index in [1.165, 1.54) is 24.1 Å². The van der Waals surface area contributed by atoms with E-state index in [9.17, 15) is 0 Å². The summed E-state index contributed by atoms with van der Waals surface area (Å²) in [6.07, 6.45) is 4.15. The van der Waals surface area contributed by atoms with Gasteiger partial charge in [0.1, 0.15) is 0 Å². The quantitative estimate of drug-likeness (QED) is 0.664. The summed E-state index contributed by atoms with van der Waals surface area (Å²) in [6.45, 7) is 4.82. The first-order valence-electron chi connectivity index (χ1n) is 5.29. The molecule has 1 aliphatic rings. The minimum Gasteiger partial charge on any atom is -0.148 e. The van der Waals surface area contributed by atoms with Gasteiger partial charge in [-0.3, -0.25) is 0 Å². The molecule has 0 nitrogen and oxygen atoms in total. The lowest BCUT2D eigenvalue weighted by molar-refractivity contribution is 0.258. The second-order valence-electron chi connectivity index (χ2n) is 4.90. The molecule has 14 heavy (non-hydrogen) atoms. The van der Waals surface area contributed by atoms with Crippen molar-refractivity contribution in [2.45, 2.75) is 37.9 Å². The minimum absolute atomic E-state index is 0.512.